The Kier molecular flexibility index (Phi) is 11.3. The van der Waals surface area contributed by atoms with Crippen LogP contribution < -0.4 is 0 Å². The SMILES string of the molecule is COCCN(CCOC)C(=O)CC(=O)c1ccccc1.[Zr]. The van der Waals surface area contributed by atoms with E-state index in [0.717, 1.165) is 0 Å². The molecule has 0 aliphatic rings. The van der Waals surface area contributed by atoms with Gasteiger partial charge in [0, 0.05) is 59.1 Å². The van der Waals surface area contributed by atoms with Crippen LogP contribution in [0.1, 0.15) is 16.8 Å². The Balaban J connectivity index is 0.00000400. The average Bonchev–Trinajstić information content (AvgIpc) is 2.48. The van der Waals surface area contributed by atoms with Crippen molar-refractivity contribution in [3.05, 3.63) is 35.9 Å². The molecule has 0 N–H and O–H groups in total. The van der Waals surface area contributed by atoms with Gasteiger partial charge in [-0.25, -0.2) is 0 Å². The molecule has 0 saturated carbocycles. The summed E-state index contributed by atoms with van der Waals surface area (Å²) in [5.41, 5.74) is 0.555. The van der Waals surface area contributed by atoms with Gasteiger partial charge >= 0.3 is 0 Å². The van der Waals surface area contributed by atoms with Gasteiger partial charge in [0.2, 0.25) is 5.91 Å². The van der Waals surface area contributed by atoms with Gasteiger partial charge in [0.15, 0.2) is 5.78 Å². The zero-order valence-corrected chi connectivity index (χ0v) is 15.0. The minimum absolute atomic E-state index is 0. The zero-order valence-electron chi connectivity index (χ0n) is 12.5. The second-order valence-electron chi connectivity index (χ2n) is 4.33. The van der Waals surface area contributed by atoms with E-state index in [-0.39, 0.29) is 44.3 Å². The maximum Gasteiger partial charge on any atom is 0.230 e. The third-order valence-corrected chi connectivity index (χ3v) is 2.89. The van der Waals surface area contributed by atoms with Crippen LogP contribution in [0.3, 0.4) is 0 Å². The van der Waals surface area contributed by atoms with Crippen LogP contribution >= 0.6 is 0 Å². The van der Waals surface area contributed by atoms with Gasteiger partial charge in [-0.3, -0.25) is 9.59 Å². The van der Waals surface area contributed by atoms with E-state index in [9.17, 15) is 9.59 Å². The second kappa shape index (κ2) is 11.8. The fourth-order valence-electron chi connectivity index (χ4n) is 1.74. The number of hydrogen-bond donors (Lipinski definition) is 0. The summed E-state index contributed by atoms with van der Waals surface area (Å²) in [6.45, 7) is 1.80. The molecule has 1 rings (SSSR count). The molecule has 0 unspecified atom stereocenters. The number of rotatable bonds is 9. The van der Waals surface area contributed by atoms with Crippen molar-refractivity contribution in [2.24, 2.45) is 0 Å². The van der Waals surface area contributed by atoms with Crippen molar-refractivity contribution >= 4 is 11.7 Å². The van der Waals surface area contributed by atoms with Gasteiger partial charge in [-0.15, -0.1) is 0 Å². The van der Waals surface area contributed by atoms with Gasteiger partial charge in [0.1, 0.15) is 0 Å². The Hall–Kier alpha value is -0.837. The van der Waals surface area contributed by atoms with E-state index in [1.165, 1.54) is 0 Å². The van der Waals surface area contributed by atoms with Gasteiger partial charge in [0.05, 0.1) is 19.6 Å². The van der Waals surface area contributed by atoms with Crippen molar-refractivity contribution in [2.45, 2.75) is 6.42 Å². The van der Waals surface area contributed by atoms with Crippen LogP contribution in [0.5, 0.6) is 0 Å². The third-order valence-electron chi connectivity index (χ3n) is 2.89. The Morgan fingerprint density at radius 2 is 1.52 bits per heavy atom. The van der Waals surface area contributed by atoms with Crippen molar-refractivity contribution in [1.29, 1.82) is 0 Å². The molecule has 0 aromatic heterocycles. The van der Waals surface area contributed by atoms with Crippen LogP contribution in [-0.2, 0) is 40.5 Å². The van der Waals surface area contributed by atoms with Gasteiger partial charge in [-0.05, 0) is 0 Å². The number of nitrogens with zero attached hydrogens (tertiary/aromatic N) is 1. The van der Waals surface area contributed by atoms with E-state index in [4.69, 9.17) is 9.47 Å². The number of ether oxygens (including phenoxy) is 2. The molecular weight excluding hydrogens is 349 g/mol. The average molecular weight is 371 g/mol. The fraction of sp³-hybridized carbons (Fsp3) is 0.467. The molecule has 21 heavy (non-hydrogen) atoms. The smallest absolute Gasteiger partial charge is 0.230 e. The fourth-order valence-corrected chi connectivity index (χ4v) is 1.74. The van der Waals surface area contributed by atoms with Crippen molar-refractivity contribution in [2.75, 3.05) is 40.5 Å². The predicted octanol–water partition coefficient (Wildman–Crippen LogP) is 1.38. The van der Waals surface area contributed by atoms with E-state index >= 15 is 0 Å². The molecule has 0 aliphatic heterocycles. The van der Waals surface area contributed by atoms with Gasteiger partial charge < -0.3 is 14.4 Å². The van der Waals surface area contributed by atoms with Crippen LogP contribution in [0.2, 0.25) is 0 Å². The summed E-state index contributed by atoms with van der Waals surface area (Å²) in [6.07, 6.45) is -0.128. The van der Waals surface area contributed by atoms with E-state index < -0.39 is 0 Å². The molecule has 5 nitrogen and oxygen atoms in total. The summed E-state index contributed by atoms with van der Waals surface area (Å²) in [5, 5.41) is 0. The van der Waals surface area contributed by atoms with Crippen molar-refractivity contribution in [1.82, 2.24) is 4.90 Å². The number of benzene rings is 1. The van der Waals surface area contributed by atoms with Crippen LogP contribution in [0.15, 0.2) is 30.3 Å². The predicted molar refractivity (Wildman–Crippen MR) is 75.7 cm³/mol. The van der Waals surface area contributed by atoms with E-state index in [2.05, 4.69) is 0 Å². The summed E-state index contributed by atoms with van der Waals surface area (Å²) < 4.78 is 9.94. The van der Waals surface area contributed by atoms with Crippen LogP contribution in [0, 0.1) is 0 Å². The van der Waals surface area contributed by atoms with Crippen molar-refractivity contribution in [3.63, 3.8) is 0 Å². The molecule has 0 radical (unpaired) electrons. The maximum absolute atomic E-state index is 12.1. The molecular formula is C15H21NO4Zr. The summed E-state index contributed by atoms with van der Waals surface area (Å²) in [4.78, 5) is 25.7. The molecule has 1 aromatic rings. The minimum Gasteiger partial charge on any atom is -0.383 e. The summed E-state index contributed by atoms with van der Waals surface area (Å²) in [7, 11) is 3.15. The number of carbonyl (C=O) groups excluding carboxylic acids is 2. The normalized spacial score (nSPS) is 9.81. The van der Waals surface area contributed by atoms with E-state index in [1.54, 1.807) is 43.4 Å². The van der Waals surface area contributed by atoms with Crippen LogP contribution in [0.25, 0.3) is 0 Å². The first-order valence-corrected chi connectivity index (χ1v) is 6.53. The standard InChI is InChI=1S/C15H21NO4.Zr/c1-19-10-8-16(9-11-20-2)15(18)12-14(17)13-6-4-3-5-7-13;/h3-7H,8-12H2,1-2H3;. The molecule has 0 aliphatic carbocycles. The van der Waals surface area contributed by atoms with Crippen molar-refractivity contribution < 1.29 is 45.3 Å². The zero-order chi connectivity index (χ0) is 14.8. The molecule has 0 atom stereocenters. The monoisotopic (exact) mass is 369 g/mol. The second-order valence-corrected chi connectivity index (χ2v) is 4.33. The topological polar surface area (TPSA) is 55.8 Å². The van der Waals surface area contributed by atoms with Gasteiger partial charge in [-0.1, -0.05) is 30.3 Å². The molecule has 0 saturated heterocycles. The Morgan fingerprint density at radius 1 is 1.00 bits per heavy atom. The number of carbonyl (C=O) groups is 2. The van der Waals surface area contributed by atoms with Gasteiger partial charge in [0.25, 0.3) is 0 Å². The molecule has 0 heterocycles. The number of amides is 1. The largest absolute Gasteiger partial charge is 0.383 e. The van der Waals surface area contributed by atoms with E-state index in [1.807, 2.05) is 6.07 Å². The number of methoxy groups -OCH3 is 2. The Morgan fingerprint density at radius 3 is 2.00 bits per heavy atom. The van der Waals surface area contributed by atoms with Crippen LogP contribution in [-0.4, -0.2) is 57.1 Å². The third kappa shape index (κ3) is 7.65. The quantitative estimate of drug-likeness (QED) is 0.487. The first kappa shape index (κ1) is 20.2. The molecule has 0 spiro atoms. The van der Waals surface area contributed by atoms with Crippen molar-refractivity contribution in [3.8, 4) is 0 Å². The summed E-state index contributed by atoms with van der Waals surface area (Å²) >= 11 is 0. The molecule has 114 valence electrons. The minimum atomic E-state index is -0.201. The molecule has 0 fully saturated rings. The summed E-state index contributed by atoms with van der Waals surface area (Å²) in [6, 6.07) is 8.83. The first-order valence-electron chi connectivity index (χ1n) is 6.53. The van der Waals surface area contributed by atoms with Gasteiger partial charge in [-0.2, -0.15) is 0 Å². The Labute approximate surface area is 144 Å². The molecule has 1 aromatic carbocycles. The van der Waals surface area contributed by atoms with E-state index in [0.29, 0.717) is 31.9 Å². The number of ketones is 1. The summed E-state index contributed by atoms with van der Waals surface area (Å²) in [5.74, 6) is -0.372. The first-order chi connectivity index (χ1) is 9.69. The molecule has 6 heteroatoms. The van der Waals surface area contributed by atoms with Crippen LogP contribution in [0.4, 0.5) is 0 Å². The number of hydrogen-bond acceptors (Lipinski definition) is 4. The maximum atomic E-state index is 12.1. The Bertz CT molecular complexity index is 417. The molecule has 1 amide bonds. The molecule has 0 bridgehead atoms. The number of Topliss-reactive ketones (excluding diaryl/α,β-unsaturated/α-hetero) is 1.